The molecule has 0 spiro atoms. The third-order valence-corrected chi connectivity index (χ3v) is 3.89. The van der Waals surface area contributed by atoms with Crippen molar-refractivity contribution >= 4 is 23.3 Å². The Morgan fingerprint density at radius 2 is 2.00 bits per heavy atom. The average molecular weight is 348 g/mol. The van der Waals surface area contributed by atoms with Crippen LogP contribution in [0.4, 0.5) is 11.4 Å². The Hall–Kier alpha value is -3.15. The number of anilines is 1. The minimum Gasteiger partial charge on any atom is -0.449 e. The zero-order valence-corrected chi connectivity index (χ0v) is 14.4. The van der Waals surface area contributed by atoms with Crippen LogP contribution in [0.3, 0.4) is 0 Å². The van der Waals surface area contributed by atoms with E-state index in [0.717, 1.165) is 6.07 Å². The maximum atomic E-state index is 12.2. The van der Waals surface area contributed by atoms with Crippen molar-refractivity contribution in [3.63, 3.8) is 0 Å². The van der Waals surface area contributed by atoms with E-state index in [-0.39, 0.29) is 17.2 Å². The molecule has 9 heteroatoms. The predicted octanol–water partition coefficient (Wildman–Crippen LogP) is 1.78. The summed E-state index contributed by atoms with van der Waals surface area (Å²) in [6, 6.07) is 5.48. The molecule has 9 nitrogen and oxygen atoms in total. The molecular formula is C16H20N4O5. The number of nitro groups is 1. The molecule has 0 unspecified atom stereocenters. The Kier molecular flexibility index (Phi) is 6.06. The molecule has 0 aliphatic heterocycles. The number of nitrogens with one attached hydrogen (secondary N) is 1. The molecule has 0 saturated carbocycles. The molecule has 0 aliphatic rings. The highest BCUT2D eigenvalue weighted by Gasteiger charge is 2.32. The third kappa shape index (κ3) is 4.67. The minimum absolute atomic E-state index is 0.0888. The van der Waals surface area contributed by atoms with Gasteiger partial charge in [-0.05, 0) is 31.9 Å². The first kappa shape index (κ1) is 19.9. The van der Waals surface area contributed by atoms with Gasteiger partial charge >= 0.3 is 5.97 Å². The summed E-state index contributed by atoms with van der Waals surface area (Å²) < 4.78 is 5.02. The zero-order chi connectivity index (χ0) is 19.4. The molecule has 1 rings (SSSR count). The molecule has 0 bridgehead atoms. The van der Waals surface area contributed by atoms with Crippen molar-refractivity contribution < 1.29 is 19.2 Å². The number of nitrogens with zero attached hydrogens (tertiary/aromatic N) is 2. The molecule has 3 N–H and O–H groups in total. The lowest BCUT2D eigenvalue weighted by Gasteiger charge is -2.28. The second-order valence-corrected chi connectivity index (χ2v) is 6.04. The fraction of sp³-hybridized carbons (Fsp3) is 0.438. The number of hydrogen-bond acceptors (Lipinski definition) is 7. The number of ether oxygens (including phenoxy) is 1. The van der Waals surface area contributed by atoms with Crippen LogP contribution in [-0.2, 0) is 9.53 Å². The van der Waals surface area contributed by atoms with E-state index in [1.807, 2.05) is 6.07 Å². The molecule has 0 aliphatic carbocycles. The Morgan fingerprint density at radius 1 is 1.40 bits per heavy atom. The van der Waals surface area contributed by atoms with Gasteiger partial charge in [-0.25, -0.2) is 4.79 Å². The lowest BCUT2D eigenvalue weighted by atomic mass is 9.90. The molecule has 1 aromatic rings. The van der Waals surface area contributed by atoms with Crippen LogP contribution in [0.25, 0.3) is 0 Å². The van der Waals surface area contributed by atoms with Gasteiger partial charge in [-0.15, -0.1) is 0 Å². The van der Waals surface area contributed by atoms with Gasteiger partial charge in [0.1, 0.15) is 11.2 Å². The molecule has 0 heterocycles. The van der Waals surface area contributed by atoms with Crippen LogP contribution in [0.1, 0.15) is 38.1 Å². The van der Waals surface area contributed by atoms with E-state index >= 15 is 0 Å². The normalized spacial score (nSPS) is 14.1. The van der Waals surface area contributed by atoms with Gasteiger partial charge in [0.05, 0.1) is 16.6 Å². The minimum atomic E-state index is -1.18. The van der Waals surface area contributed by atoms with Gasteiger partial charge in [0.25, 0.3) is 11.6 Å². The first-order valence-electron chi connectivity index (χ1n) is 7.50. The van der Waals surface area contributed by atoms with Gasteiger partial charge in [-0.1, -0.05) is 13.8 Å². The first-order valence-corrected chi connectivity index (χ1v) is 7.50. The highest BCUT2D eigenvalue weighted by Crippen LogP contribution is 2.23. The molecular weight excluding hydrogens is 328 g/mol. The number of nitriles is 1. The standard InChI is InChI=1S/C16H20N4O5/c1-9(2)16(4,8-17)19-14(21)10(3)25-15(22)11-5-6-12(18)13(7-11)20(23)24/h5-7,9-10H,18H2,1-4H3,(H,19,21)/t10-,16+/m1/s1. The quantitative estimate of drug-likeness (QED) is 0.344. The number of benzene rings is 1. The summed E-state index contributed by atoms with van der Waals surface area (Å²) in [4.78, 5) is 34.4. The number of esters is 1. The van der Waals surface area contributed by atoms with Gasteiger partial charge in [-0.2, -0.15) is 5.26 Å². The molecule has 0 radical (unpaired) electrons. The maximum Gasteiger partial charge on any atom is 0.339 e. The second kappa shape index (κ2) is 7.61. The van der Waals surface area contributed by atoms with E-state index in [2.05, 4.69) is 5.32 Å². The van der Waals surface area contributed by atoms with Crippen molar-refractivity contribution in [1.29, 1.82) is 5.26 Å². The molecule has 1 amide bonds. The van der Waals surface area contributed by atoms with Crippen LogP contribution in [0, 0.1) is 27.4 Å². The molecule has 0 fully saturated rings. The molecule has 0 saturated heterocycles. The van der Waals surface area contributed by atoms with Gasteiger partial charge in [0.2, 0.25) is 0 Å². The SMILES string of the molecule is CC(C)[C@](C)(C#N)NC(=O)[C@@H](C)OC(=O)c1ccc(N)c([N+](=O)[O-])c1. The van der Waals surface area contributed by atoms with E-state index in [4.69, 9.17) is 10.5 Å². The highest BCUT2D eigenvalue weighted by atomic mass is 16.6. The van der Waals surface area contributed by atoms with Crippen LogP contribution in [0.15, 0.2) is 18.2 Å². The summed E-state index contributed by atoms with van der Waals surface area (Å²) in [5, 5.41) is 22.6. The smallest absolute Gasteiger partial charge is 0.339 e. The number of amides is 1. The largest absolute Gasteiger partial charge is 0.449 e. The van der Waals surface area contributed by atoms with Crippen LogP contribution < -0.4 is 11.1 Å². The number of hydrogen-bond donors (Lipinski definition) is 2. The maximum absolute atomic E-state index is 12.2. The number of nitrogens with two attached hydrogens (primary N) is 1. The van der Waals surface area contributed by atoms with Crippen LogP contribution in [0.2, 0.25) is 0 Å². The number of carbonyl (C=O) groups is 2. The summed E-state index contributed by atoms with van der Waals surface area (Å²) in [6.45, 7) is 6.45. The second-order valence-electron chi connectivity index (χ2n) is 6.04. The van der Waals surface area contributed by atoms with Gasteiger partial charge < -0.3 is 15.8 Å². The number of rotatable bonds is 6. The van der Waals surface area contributed by atoms with Crippen LogP contribution in [-0.4, -0.2) is 28.4 Å². The highest BCUT2D eigenvalue weighted by molar-refractivity contribution is 5.93. The van der Waals surface area contributed by atoms with Crippen molar-refractivity contribution in [1.82, 2.24) is 5.32 Å². The first-order chi connectivity index (χ1) is 11.5. The van der Waals surface area contributed by atoms with Crippen molar-refractivity contribution in [2.75, 3.05) is 5.73 Å². The van der Waals surface area contributed by atoms with Crippen LogP contribution in [0.5, 0.6) is 0 Å². The Labute approximate surface area is 144 Å². The van der Waals surface area contributed by atoms with E-state index < -0.39 is 34.1 Å². The van der Waals surface area contributed by atoms with Crippen molar-refractivity contribution in [3.8, 4) is 6.07 Å². The number of nitro benzene ring substituents is 1. The number of carbonyl (C=O) groups excluding carboxylic acids is 2. The van der Waals surface area contributed by atoms with Crippen LogP contribution >= 0.6 is 0 Å². The topological polar surface area (TPSA) is 148 Å². The summed E-state index contributed by atoms with van der Waals surface area (Å²) in [6.07, 6.45) is -1.18. The van der Waals surface area contributed by atoms with E-state index in [9.17, 15) is 25.0 Å². The lowest BCUT2D eigenvalue weighted by Crippen LogP contribution is -2.52. The predicted molar refractivity (Wildman–Crippen MR) is 89.4 cm³/mol. The van der Waals surface area contributed by atoms with Crippen molar-refractivity contribution in [3.05, 3.63) is 33.9 Å². The van der Waals surface area contributed by atoms with E-state index in [1.165, 1.54) is 19.1 Å². The summed E-state index contributed by atoms with van der Waals surface area (Å²) >= 11 is 0. The lowest BCUT2D eigenvalue weighted by molar-refractivity contribution is -0.383. The van der Waals surface area contributed by atoms with Gasteiger partial charge in [-0.3, -0.25) is 14.9 Å². The summed E-state index contributed by atoms with van der Waals surface area (Å²) in [7, 11) is 0. The van der Waals surface area contributed by atoms with E-state index in [0.29, 0.717) is 0 Å². The number of nitrogen functional groups attached to an aromatic ring is 1. The fourth-order valence-electron chi connectivity index (χ4n) is 1.77. The molecule has 0 aromatic heterocycles. The average Bonchev–Trinajstić information content (AvgIpc) is 2.54. The molecule has 1 aromatic carbocycles. The molecule has 2 atom stereocenters. The fourth-order valence-corrected chi connectivity index (χ4v) is 1.77. The van der Waals surface area contributed by atoms with Crippen molar-refractivity contribution in [2.24, 2.45) is 5.92 Å². The monoisotopic (exact) mass is 348 g/mol. The third-order valence-electron chi connectivity index (χ3n) is 3.89. The Balaban J connectivity index is 2.87. The van der Waals surface area contributed by atoms with E-state index in [1.54, 1.807) is 20.8 Å². The summed E-state index contributed by atoms with van der Waals surface area (Å²) in [5.41, 5.74) is 3.73. The Morgan fingerprint density at radius 3 is 2.48 bits per heavy atom. The summed E-state index contributed by atoms with van der Waals surface area (Å²) in [5.74, 6) is -1.71. The van der Waals surface area contributed by atoms with Gasteiger partial charge in [0, 0.05) is 6.07 Å². The molecule has 134 valence electrons. The van der Waals surface area contributed by atoms with Crippen molar-refractivity contribution in [2.45, 2.75) is 39.3 Å². The van der Waals surface area contributed by atoms with Gasteiger partial charge in [0.15, 0.2) is 6.10 Å². The Bertz CT molecular complexity index is 741. The molecule has 25 heavy (non-hydrogen) atoms. The zero-order valence-electron chi connectivity index (χ0n) is 14.4.